The highest BCUT2D eigenvalue weighted by Gasteiger charge is 2.20. The van der Waals surface area contributed by atoms with Crippen LogP contribution in [-0.4, -0.2) is 16.2 Å². The summed E-state index contributed by atoms with van der Waals surface area (Å²) in [4.78, 5) is 4.47. The van der Waals surface area contributed by atoms with Crippen molar-refractivity contribution in [2.75, 3.05) is 6.61 Å². The number of para-hydroxylation sites is 1. The molecule has 1 aliphatic heterocycles. The van der Waals surface area contributed by atoms with Gasteiger partial charge in [0.1, 0.15) is 11.6 Å². The highest BCUT2D eigenvalue weighted by Crippen LogP contribution is 2.36. The summed E-state index contributed by atoms with van der Waals surface area (Å²) in [5.41, 5.74) is 2.40. The van der Waals surface area contributed by atoms with E-state index in [-0.39, 0.29) is 0 Å². The number of rotatable bonds is 2. The standard InChI is InChI=1S/C14H16N2O/c1-10(2)16-8-7-15-14(16)12-5-3-4-11-6-9-17-13(11)12/h3-5,7-8,10H,6,9H2,1-2H3. The van der Waals surface area contributed by atoms with Crippen LogP contribution in [-0.2, 0) is 6.42 Å². The van der Waals surface area contributed by atoms with Crippen molar-refractivity contribution in [2.24, 2.45) is 0 Å². The fraction of sp³-hybridized carbons (Fsp3) is 0.357. The van der Waals surface area contributed by atoms with Crippen LogP contribution in [0.5, 0.6) is 5.75 Å². The molecule has 1 aliphatic rings. The third kappa shape index (κ3) is 1.62. The van der Waals surface area contributed by atoms with Gasteiger partial charge in [0, 0.05) is 24.9 Å². The van der Waals surface area contributed by atoms with Crippen molar-refractivity contribution >= 4 is 0 Å². The molecule has 1 aromatic heterocycles. The van der Waals surface area contributed by atoms with E-state index < -0.39 is 0 Å². The van der Waals surface area contributed by atoms with E-state index in [1.807, 2.05) is 12.4 Å². The number of nitrogens with zero attached hydrogens (tertiary/aromatic N) is 2. The van der Waals surface area contributed by atoms with Crippen LogP contribution in [0.15, 0.2) is 30.6 Å². The third-order valence-corrected chi connectivity index (χ3v) is 3.18. The minimum atomic E-state index is 0.407. The van der Waals surface area contributed by atoms with Crippen molar-refractivity contribution in [3.63, 3.8) is 0 Å². The predicted octanol–water partition coefficient (Wildman–Crippen LogP) is 3.07. The maximum Gasteiger partial charge on any atom is 0.143 e. The molecule has 0 atom stereocenters. The van der Waals surface area contributed by atoms with Gasteiger partial charge in [-0.25, -0.2) is 4.98 Å². The van der Waals surface area contributed by atoms with Crippen molar-refractivity contribution in [3.05, 3.63) is 36.2 Å². The van der Waals surface area contributed by atoms with E-state index in [4.69, 9.17) is 4.74 Å². The molecule has 0 aliphatic carbocycles. The minimum Gasteiger partial charge on any atom is -0.492 e. The Morgan fingerprint density at radius 3 is 3.06 bits per heavy atom. The molecule has 3 nitrogen and oxygen atoms in total. The van der Waals surface area contributed by atoms with Gasteiger partial charge in [-0.1, -0.05) is 12.1 Å². The zero-order valence-corrected chi connectivity index (χ0v) is 10.2. The van der Waals surface area contributed by atoms with Crippen LogP contribution >= 0.6 is 0 Å². The Balaban J connectivity index is 2.16. The first kappa shape index (κ1) is 10.4. The quantitative estimate of drug-likeness (QED) is 0.789. The number of hydrogen-bond donors (Lipinski definition) is 0. The van der Waals surface area contributed by atoms with Gasteiger partial charge in [0.05, 0.1) is 12.2 Å². The number of aromatic nitrogens is 2. The lowest BCUT2D eigenvalue weighted by atomic mass is 10.1. The Hall–Kier alpha value is -1.77. The molecule has 0 amide bonds. The molecule has 1 aromatic carbocycles. The number of imidazole rings is 1. The lowest BCUT2D eigenvalue weighted by Crippen LogP contribution is -2.02. The first-order valence-corrected chi connectivity index (χ1v) is 6.05. The van der Waals surface area contributed by atoms with E-state index in [1.54, 1.807) is 0 Å². The number of benzene rings is 1. The molecule has 0 fully saturated rings. The fourth-order valence-electron chi connectivity index (χ4n) is 2.33. The normalized spacial score (nSPS) is 13.8. The van der Waals surface area contributed by atoms with Crippen molar-refractivity contribution in [1.29, 1.82) is 0 Å². The molecule has 17 heavy (non-hydrogen) atoms. The zero-order valence-electron chi connectivity index (χ0n) is 10.2. The predicted molar refractivity (Wildman–Crippen MR) is 67.2 cm³/mol. The van der Waals surface area contributed by atoms with Crippen LogP contribution in [0.4, 0.5) is 0 Å². The second-order valence-electron chi connectivity index (χ2n) is 4.64. The lowest BCUT2D eigenvalue weighted by molar-refractivity contribution is 0.357. The van der Waals surface area contributed by atoms with E-state index in [0.29, 0.717) is 6.04 Å². The number of ether oxygens (including phenoxy) is 1. The molecule has 3 rings (SSSR count). The molecule has 0 unspecified atom stereocenters. The smallest absolute Gasteiger partial charge is 0.143 e. The maximum atomic E-state index is 5.73. The van der Waals surface area contributed by atoms with Crippen molar-refractivity contribution < 1.29 is 4.74 Å². The summed E-state index contributed by atoms with van der Waals surface area (Å²) >= 11 is 0. The average molecular weight is 228 g/mol. The summed E-state index contributed by atoms with van der Waals surface area (Å²) in [6, 6.07) is 6.71. The van der Waals surface area contributed by atoms with E-state index in [2.05, 4.69) is 41.6 Å². The molecular formula is C14H16N2O. The fourth-order valence-corrected chi connectivity index (χ4v) is 2.33. The van der Waals surface area contributed by atoms with Crippen LogP contribution in [0.1, 0.15) is 25.5 Å². The molecule has 2 heterocycles. The maximum absolute atomic E-state index is 5.73. The zero-order chi connectivity index (χ0) is 11.8. The van der Waals surface area contributed by atoms with Crippen LogP contribution < -0.4 is 4.74 Å². The van der Waals surface area contributed by atoms with E-state index in [1.165, 1.54) is 5.56 Å². The molecule has 0 bridgehead atoms. The molecule has 3 heteroatoms. The second kappa shape index (κ2) is 3.91. The summed E-state index contributed by atoms with van der Waals surface area (Å²) in [6.45, 7) is 5.11. The van der Waals surface area contributed by atoms with Crippen molar-refractivity contribution in [1.82, 2.24) is 9.55 Å². The Labute approximate surface area is 101 Å². The first-order chi connectivity index (χ1) is 8.27. The summed E-state index contributed by atoms with van der Waals surface area (Å²) in [7, 11) is 0. The Morgan fingerprint density at radius 2 is 2.24 bits per heavy atom. The molecule has 0 radical (unpaired) electrons. The summed E-state index contributed by atoms with van der Waals surface area (Å²) in [5, 5.41) is 0. The molecule has 0 spiro atoms. The van der Waals surface area contributed by atoms with Crippen LogP contribution in [0.2, 0.25) is 0 Å². The van der Waals surface area contributed by atoms with E-state index in [0.717, 1.165) is 30.2 Å². The van der Waals surface area contributed by atoms with E-state index >= 15 is 0 Å². The van der Waals surface area contributed by atoms with Gasteiger partial charge in [-0.05, 0) is 25.5 Å². The summed E-state index contributed by atoms with van der Waals surface area (Å²) < 4.78 is 7.91. The molecule has 2 aromatic rings. The van der Waals surface area contributed by atoms with E-state index in [9.17, 15) is 0 Å². The lowest BCUT2D eigenvalue weighted by Gasteiger charge is -2.13. The van der Waals surface area contributed by atoms with Gasteiger partial charge in [-0.2, -0.15) is 0 Å². The highest BCUT2D eigenvalue weighted by atomic mass is 16.5. The number of fused-ring (bicyclic) bond motifs is 1. The van der Waals surface area contributed by atoms with Gasteiger partial charge < -0.3 is 9.30 Å². The summed E-state index contributed by atoms with van der Waals surface area (Å²) in [6.07, 6.45) is 4.88. The third-order valence-electron chi connectivity index (χ3n) is 3.18. The molecule has 0 saturated carbocycles. The molecule has 88 valence electrons. The van der Waals surface area contributed by atoms with Crippen LogP contribution in [0.3, 0.4) is 0 Å². The Kier molecular flexibility index (Phi) is 2.39. The molecular weight excluding hydrogens is 212 g/mol. The first-order valence-electron chi connectivity index (χ1n) is 6.05. The Bertz CT molecular complexity index is 543. The van der Waals surface area contributed by atoms with Gasteiger partial charge >= 0.3 is 0 Å². The van der Waals surface area contributed by atoms with Crippen molar-refractivity contribution in [2.45, 2.75) is 26.3 Å². The van der Waals surface area contributed by atoms with Crippen molar-refractivity contribution in [3.8, 4) is 17.1 Å². The largest absolute Gasteiger partial charge is 0.492 e. The minimum absolute atomic E-state index is 0.407. The van der Waals surface area contributed by atoms with Gasteiger partial charge in [0.25, 0.3) is 0 Å². The molecule has 0 saturated heterocycles. The average Bonchev–Trinajstić information content (AvgIpc) is 2.97. The van der Waals surface area contributed by atoms with Crippen LogP contribution in [0.25, 0.3) is 11.4 Å². The topological polar surface area (TPSA) is 27.1 Å². The van der Waals surface area contributed by atoms with Crippen LogP contribution in [0, 0.1) is 0 Å². The highest BCUT2D eigenvalue weighted by molar-refractivity contribution is 5.68. The summed E-state index contributed by atoms with van der Waals surface area (Å²) in [5.74, 6) is 2.01. The van der Waals surface area contributed by atoms with Gasteiger partial charge in [-0.15, -0.1) is 0 Å². The van der Waals surface area contributed by atoms with Gasteiger partial charge in [-0.3, -0.25) is 0 Å². The monoisotopic (exact) mass is 228 g/mol. The SMILES string of the molecule is CC(C)n1ccnc1-c1cccc2c1OCC2. The van der Waals surface area contributed by atoms with Gasteiger partial charge in [0.2, 0.25) is 0 Å². The second-order valence-corrected chi connectivity index (χ2v) is 4.64. The molecule has 0 N–H and O–H groups in total. The van der Waals surface area contributed by atoms with Gasteiger partial charge in [0.15, 0.2) is 0 Å². The number of hydrogen-bond acceptors (Lipinski definition) is 2. The Morgan fingerprint density at radius 1 is 1.35 bits per heavy atom.